The number of piperidine rings is 1. The molecule has 0 saturated carbocycles. The number of nitrogens with one attached hydrogen (secondary N) is 1. The van der Waals surface area contributed by atoms with Gasteiger partial charge in [0, 0.05) is 6.54 Å². The van der Waals surface area contributed by atoms with Gasteiger partial charge >= 0.3 is 0 Å². The van der Waals surface area contributed by atoms with E-state index in [2.05, 4.69) is 21.2 Å². The molecule has 72 valence electrons. The van der Waals surface area contributed by atoms with E-state index in [1.54, 1.807) is 0 Å². The van der Waals surface area contributed by atoms with Crippen LogP contribution in [0.1, 0.15) is 20.8 Å². The number of hydrogen-bond acceptors (Lipinski definition) is 1. The van der Waals surface area contributed by atoms with Crippen LogP contribution in [0.15, 0.2) is 21.7 Å². The smallest absolute Gasteiger partial charge is 0.227 e. The summed E-state index contributed by atoms with van der Waals surface area (Å²) in [4.78, 5) is 11.3. The van der Waals surface area contributed by atoms with Gasteiger partial charge in [0.05, 0.1) is 5.92 Å². The molecule has 0 bridgehead atoms. The second kappa shape index (κ2) is 4.09. The van der Waals surface area contributed by atoms with Crippen LogP contribution in [0.4, 0.5) is 0 Å². The van der Waals surface area contributed by atoms with Gasteiger partial charge in [-0.15, -0.1) is 0 Å². The molecule has 1 fully saturated rings. The molecule has 1 aliphatic heterocycles. The van der Waals surface area contributed by atoms with E-state index in [0.29, 0.717) is 6.54 Å². The van der Waals surface area contributed by atoms with Crippen LogP contribution in [0.5, 0.6) is 0 Å². The average molecular weight is 244 g/mol. The van der Waals surface area contributed by atoms with Crippen molar-refractivity contribution in [3.8, 4) is 0 Å². The van der Waals surface area contributed by atoms with Gasteiger partial charge in [-0.3, -0.25) is 4.79 Å². The van der Waals surface area contributed by atoms with E-state index in [1.165, 1.54) is 5.57 Å². The Bertz CT molecular complexity index is 287. The third-order valence-corrected chi connectivity index (χ3v) is 2.85. The molecule has 1 heterocycles. The fourth-order valence-electron chi connectivity index (χ4n) is 1.58. The van der Waals surface area contributed by atoms with Crippen molar-refractivity contribution in [3.05, 3.63) is 21.7 Å². The number of carbonyl (C=O) groups excluding carboxylic acids is 1. The van der Waals surface area contributed by atoms with Crippen molar-refractivity contribution in [1.82, 2.24) is 5.32 Å². The Morgan fingerprint density at radius 2 is 2.31 bits per heavy atom. The lowest BCUT2D eigenvalue weighted by Crippen LogP contribution is -2.38. The summed E-state index contributed by atoms with van der Waals surface area (Å²) in [5, 5.41) is 2.86. The monoisotopic (exact) mass is 243 g/mol. The molecule has 0 aromatic carbocycles. The molecule has 1 saturated heterocycles. The van der Waals surface area contributed by atoms with Crippen LogP contribution in [0.2, 0.25) is 0 Å². The van der Waals surface area contributed by atoms with Gasteiger partial charge in [0.2, 0.25) is 5.91 Å². The summed E-state index contributed by atoms with van der Waals surface area (Å²) in [7, 11) is 0. The second-order valence-electron chi connectivity index (χ2n) is 3.20. The van der Waals surface area contributed by atoms with E-state index in [4.69, 9.17) is 0 Å². The molecule has 1 N–H and O–H groups in total. The summed E-state index contributed by atoms with van der Waals surface area (Å²) in [5.41, 5.74) is 2.34. The van der Waals surface area contributed by atoms with Crippen molar-refractivity contribution in [2.45, 2.75) is 20.8 Å². The third kappa shape index (κ3) is 2.02. The minimum absolute atomic E-state index is 0.0266. The third-order valence-electron chi connectivity index (χ3n) is 2.37. The van der Waals surface area contributed by atoms with Crippen LogP contribution in [0.25, 0.3) is 0 Å². The van der Waals surface area contributed by atoms with Crippen molar-refractivity contribution >= 4 is 21.8 Å². The molecule has 0 aromatic heterocycles. The molecule has 0 aromatic rings. The molecule has 1 unspecified atom stereocenters. The molecule has 0 aliphatic carbocycles. The van der Waals surface area contributed by atoms with Gasteiger partial charge in [0.1, 0.15) is 0 Å². The molecule has 2 nitrogen and oxygen atoms in total. The average Bonchev–Trinajstić information content (AvgIpc) is 2.09. The fourth-order valence-corrected chi connectivity index (χ4v) is 1.95. The van der Waals surface area contributed by atoms with Gasteiger partial charge in [-0.1, -0.05) is 22.0 Å². The van der Waals surface area contributed by atoms with Crippen molar-refractivity contribution < 1.29 is 4.79 Å². The Morgan fingerprint density at radius 3 is 2.77 bits per heavy atom. The van der Waals surface area contributed by atoms with Crippen molar-refractivity contribution in [3.63, 3.8) is 0 Å². The number of halogens is 1. The highest BCUT2D eigenvalue weighted by atomic mass is 79.9. The van der Waals surface area contributed by atoms with E-state index in [9.17, 15) is 4.79 Å². The van der Waals surface area contributed by atoms with Gasteiger partial charge < -0.3 is 5.32 Å². The normalized spacial score (nSPS) is 30.3. The lowest BCUT2D eigenvalue weighted by molar-refractivity contribution is -0.123. The largest absolute Gasteiger partial charge is 0.351 e. The molecule has 0 spiro atoms. The van der Waals surface area contributed by atoms with Gasteiger partial charge in [-0.2, -0.15) is 0 Å². The van der Waals surface area contributed by atoms with Crippen molar-refractivity contribution in [1.29, 1.82) is 0 Å². The highest BCUT2D eigenvalue weighted by Gasteiger charge is 2.25. The highest BCUT2D eigenvalue weighted by molar-refractivity contribution is 9.11. The standard InChI is InChI=1S/C10H14BrNO/c1-4-8-6(2)10(13)12-5-9(8)7(3)11/h4,6H,5H2,1-3H3,(H,12,13). The first kappa shape index (κ1) is 10.5. The Balaban J connectivity index is 3.06. The first-order valence-corrected chi connectivity index (χ1v) is 5.16. The molecule has 3 heteroatoms. The molecule has 1 atom stereocenters. The summed E-state index contributed by atoms with van der Waals surface area (Å²) in [5.74, 6) is 0.0897. The molecule has 0 radical (unpaired) electrons. The predicted molar refractivity (Wildman–Crippen MR) is 57.6 cm³/mol. The predicted octanol–water partition coefficient (Wildman–Crippen LogP) is 2.37. The lowest BCUT2D eigenvalue weighted by Gasteiger charge is -2.25. The quantitative estimate of drug-likeness (QED) is 0.696. The zero-order valence-electron chi connectivity index (χ0n) is 8.15. The Morgan fingerprint density at radius 1 is 1.69 bits per heavy atom. The molecular weight excluding hydrogens is 230 g/mol. The van der Waals surface area contributed by atoms with Crippen LogP contribution in [-0.4, -0.2) is 12.5 Å². The number of hydrogen-bond donors (Lipinski definition) is 1. The van der Waals surface area contributed by atoms with Crippen LogP contribution < -0.4 is 5.32 Å². The van der Waals surface area contributed by atoms with E-state index in [-0.39, 0.29) is 11.8 Å². The molecule has 1 rings (SSSR count). The first-order chi connectivity index (χ1) is 6.07. The maximum atomic E-state index is 11.3. The molecular formula is C10H14BrNO. The van der Waals surface area contributed by atoms with Crippen LogP contribution in [-0.2, 0) is 4.79 Å². The van der Waals surface area contributed by atoms with E-state index >= 15 is 0 Å². The van der Waals surface area contributed by atoms with Gasteiger partial charge in [0.25, 0.3) is 0 Å². The van der Waals surface area contributed by atoms with E-state index < -0.39 is 0 Å². The van der Waals surface area contributed by atoms with Gasteiger partial charge in [-0.25, -0.2) is 0 Å². The summed E-state index contributed by atoms with van der Waals surface area (Å²) in [6.45, 7) is 6.54. The highest BCUT2D eigenvalue weighted by Crippen LogP contribution is 2.28. The fraction of sp³-hybridized carbons (Fsp3) is 0.500. The topological polar surface area (TPSA) is 29.1 Å². The summed E-state index contributed by atoms with van der Waals surface area (Å²) < 4.78 is 1.10. The number of amides is 1. The van der Waals surface area contributed by atoms with E-state index in [0.717, 1.165) is 10.1 Å². The molecule has 13 heavy (non-hydrogen) atoms. The molecule has 1 aliphatic rings. The Hall–Kier alpha value is -0.570. The summed E-state index contributed by atoms with van der Waals surface area (Å²) in [6, 6.07) is 0. The number of allylic oxidation sites excluding steroid dienone is 2. The maximum Gasteiger partial charge on any atom is 0.227 e. The Kier molecular flexibility index (Phi) is 3.31. The lowest BCUT2D eigenvalue weighted by atomic mass is 9.89. The van der Waals surface area contributed by atoms with Crippen molar-refractivity contribution in [2.24, 2.45) is 5.92 Å². The second-order valence-corrected chi connectivity index (χ2v) is 4.39. The minimum atomic E-state index is -0.0266. The Labute approximate surface area is 87.2 Å². The first-order valence-electron chi connectivity index (χ1n) is 4.37. The van der Waals surface area contributed by atoms with E-state index in [1.807, 2.05) is 26.8 Å². The number of carbonyl (C=O) groups is 1. The zero-order chi connectivity index (χ0) is 10.0. The van der Waals surface area contributed by atoms with Gasteiger partial charge in [-0.05, 0) is 36.4 Å². The number of rotatable bonds is 0. The molecule has 1 amide bonds. The minimum Gasteiger partial charge on any atom is -0.351 e. The summed E-state index contributed by atoms with van der Waals surface area (Å²) >= 11 is 3.45. The van der Waals surface area contributed by atoms with Gasteiger partial charge in [0.15, 0.2) is 0 Å². The van der Waals surface area contributed by atoms with Crippen LogP contribution >= 0.6 is 15.9 Å². The van der Waals surface area contributed by atoms with Crippen LogP contribution in [0, 0.1) is 5.92 Å². The summed E-state index contributed by atoms with van der Waals surface area (Å²) in [6.07, 6.45) is 2.02. The SMILES string of the molecule is CC=C1C(=C(C)Br)CNC(=O)C1C. The van der Waals surface area contributed by atoms with Crippen molar-refractivity contribution in [2.75, 3.05) is 6.54 Å². The maximum absolute atomic E-state index is 11.3. The zero-order valence-corrected chi connectivity index (χ0v) is 9.73. The van der Waals surface area contributed by atoms with Crippen LogP contribution in [0.3, 0.4) is 0 Å².